The van der Waals surface area contributed by atoms with E-state index >= 15 is 0 Å². The summed E-state index contributed by atoms with van der Waals surface area (Å²) >= 11 is 3.30. The summed E-state index contributed by atoms with van der Waals surface area (Å²) in [5.41, 5.74) is 1.92. The smallest absolute Gasteiger partial charge is 0.125 e. The molecule has 0 fully saturated rings. The number of hydrogen-bond donors (Lipinski definition) is 0. The molecule has 0 aliphatic rings. The molecule has 0 atom stereocenters. The molecule has 0 unspecified atom stereocenters. The molecule has 1 aromatic rings. The Bertz CT molecular complexity index is 308. The molecule has 0 radical (unpaired) electrons. The van der Waals surface area contributed by atoms with Crippen molar-refractivity contribution in [1.82, 2.24) is 9.97 Å². The molecule has 0 aromatic carbocycles. The van der Waals surface area contributed by atoms with Gasteiger partial charge in [0.15, 0.2) is 0 Å². The van der Waals surface area contributed by atoms with E-state index in [1.807, 2.05) is 13.0 Å². The molecule has 1 aromatic heterocycles. The third kappa shape index (κ3) is 3.27. The predicted octanol–water partition coefficient (Wildman–Crippen LogP) is 3.36. The van der Waals surface area contributed by atoms with E-state index < -0.39 is 0 Å². The van der Waals surface area contributed by atoms with E-state index in [2.05, 4.69) is 38.9 Å². The Morgan fingerprint density at radius 3 is 3.00 bits per heavy atom. The van der Waals surface area contributed by atoms with Gasteiger partial charge in [-0.25, -0.2) is 4.98 Å². The van der Waals surface area contributed by atoms with Crippen molar-refractivity contribution in [3.05, 3.63) is 28.3 Å². The number of hydrogen-bond acceptors (Lipinski definition) is 2. The molecule has 0 spiro atoms. The van der Waals surface area contributed by atoms with Crippen LogP contribution in [-0.4, -0.2) is 9.97 Å². The maximum atomic E-state index is 4.31. The lowest BCUT2D eigenvalue weighted by molar-refractivity contribution is 0.960. The molecule has 2 nitrogen and oxygen atoms in total. The molecule has 0 saturated heterocycles. The zero-order valence-corrected chi connectivity index (χ0v) is 9.50. The fourth-order valence-corrected chi connectivity index (χ4v) is 1.25. The van der Waals surface area contributed by atoms with Crippen molar-refractivity contribution in [3.8, 4) is 0 Å². The van der Waals surface area contributed by atoms with Crippen LogP contribution in [0.2, 0.25) is 0 Å². The summed E-state index contributed by atoms with van der Waals surface area (Å²) in [6.07, 6.45) is 8.12. The van der Waals surface area contributed by atoms with E-state index in [0.717, 1.165) is 28.8 Å². The number of aryl methyl sites for hydroxylation is 1. The van der Waals surface area contributed by atoms with E-state index in [1.54, 1.807) is 6.20 Å². The van der Waals surface area contributed by atoms with Crippen LogP contribution in [0.5, 0.6) is 0 Å². The molecule has 0 N–H and O–H groups in total. The monoisotopic (exact) mass is 240 g/mol. The number of nitrogens with zero attached hydrogens (tertiary/aromatic N) is 2. The van der Waals surface area contributed by atoms with Gasteiger partial charge in [-0.15, -0.1) is 0 Å². The first kappa shape index (κ1) is 10.4. The van der Waals surface area contributed by atoms with Crippen LogP contribution in [0, 0.1) is 6.92 Å². The third-order valence-corrected chi connectivity index (χ3v) is 2.08. The molecule has 0 amide bonds. The Hall–Kier alpha value is -0.700. The number of allylic oxidation sites excluding steroid dienone is 1. The third-order valence-electron chi connectivity index (χ3n) is 1.69. The second kappa shape index (κ2) is 5.12. The number of aromatic nitrogens is 2. The van der Waals surface area contributed by atoms with Crippen LogP contribution >= 0.6 is 15.9 Å². The topological polar surface area (TPSA) is 25.8 Å². The molecule has 13 heavy (non-hydrogen) atoms. The van der Waals surface area contributed by atoms with Gasteiger partial charge >= 0.3 is 0 Å². The fourth-order valence-electron chi connectivity index (χ4n) is 0.961. The lowest BCUT2D eigenvalue weighted by Crippen LogP contribution is -1.90. The summed E-state index contributed by atoms with van der Waals surface area (Å²) in [4.78, 5) is 8.51. The minimum atomic E-state index is 0.786. The highest BCUT2D eigenvalue weighted by molar-refractivity contribution is 9.10. The van der Waals surface area contributed by atoms with Gasteiger partial charge in [0.1, 0.15) is 4.60 Å². The Labute approximate surface area is 87.2 Å². The van der Waals surface area contributed by atoms with E-state index in [1.165, 1.54) is 0 Å². The van der Waals surface area contributed by atoms with Gasteiger partial charge in [0, 0.05) is 0 Å². The molecular weight excluding hydrogens is 228 g/mol. The Kier molecular flexibility index (Phi) is 4.09. The molecule has 1 rings (SSSR count). The van der Waals surface area contributed by atoms with Crippen LogP contribution in [0.3, 0.4) is 0 Å². The van der Waals surface area contributed by atoms with Gasteiger partial charge in [-0.2, -0.15) is 0 Å². The van der Waals surface area contributed by atoms with Crippen molar-refractivity contribution in [2.24, 2.45) is 0 Å². The number of rotatable bonds is 3. The molecule has 70 valence electrons. The summed E-state index contributed by atoms with van der Waals surface area (Å²) in [7, 11) is 0. The molecule has 3 heteroatoms. The first-order valence-electron chi connectivity index (χ1n) is 4.39. The van der Waals surface area contributed by atoms with Crippen molar-refractivity contribution in [1.29, 1.82) is 0 Å². The highest BCUT2D eigenvalue weighted by Gasteiger charge is 1.97. The largest absolute Gasteiger partial charge is 0.257 e. The van der Waals surface area contributed by atoms with Gasteiger partial charge in [-0.1, -0.05) is 19.4 Å². The lowest BCUT2D eigenvalue weighted by Gasteiger charge is -1.98. The number of halogens is 1. The summed E-state index contributed by atoms with van der Waals surface area (Å²) in [6, 6.07) is 0. The van der Waals surface area contributed by atoms with E-state index in [-0.39, 0.29) is 0 Å². The van der Waals surface area contributed by atoms with Gasteiger partial charge < -0.3 is 0 Å². The van der Waals surface area contributed by atoms with Crippen LogP contribution in [0.4, 0.5) is 0 Å². The number of unbranched alkanes of at least 4 members (excludes halogenated alkanes) is 1. The Morgan fingerprint density at radius 1 is 1.54 bits per heavy atom. The van der Waals surface area contributed by atoms with Crippen LogP contribution in [0.25, 0.3) is 6.08 Å². The molecule has 0 saturated carbocycles. The first-order valence-corrected chi connectivity index (χ1v) is 5.19. The maximum absolute atomic E-state index is 4.31. The van der Waals surface area contributed by atoms with Crippen LogP contribution in [0.15, 0.2) is 16.9 Å². The molecular formula is C10H13BrN2. The van der Waals surface area contributed by atoms with Crippen LogP contribution < -0.4 is 0 Å². The average Bonchev–Trinajstić information content (AvgIpc) is 2.11. The summed E-state index contributed by atoms with van der Waals surface area (Å²) < 4.78 is 0.786. The van der Waals surface area contributed by atoms with Gasteiger partial charge in [-0.05, 0) is 35.4 Å². The molecule has 0 aliphatic heterocycles. The normalized spacial score (nSPS) is 11.0. The average molecular weight is 241 g/mol. The van der Waals surface area contributed by atoms with Crippen LogP contribution in [-0.2, 0) is 0 Å². The molecule has 1 heterocycles. The first-order chi connectivity index (χ1) is 6.24. The summed E-state index contributed by atoms with van der Waals surface area (Å²) in [6.45, 7) is 4.12. The highest BCUT2D eigenvalue weighted by atomic mass is 79.9. The minimum Gasteiger partial charge on any atom is -0.257 e. The second-order valence-corrected chi connectivity index (χ2v) is 3.67. The SMILES string of the molecule is CCC/C=C\c1nc(Br)cnc1C. The lowest BCUT2D eigenvalue weighted by atomic mass is 10.2. The van der Waals surface area contributed by atoms with Crippen molar-refractivity contribution >= 4 is 22.0 Å². The maximum Gasteiger partial charge on any atom is 0.125 e. The van der Waals surface area contributed by atoms with Crippen molar-refractivity contribution in [3.63, 3.8) is 0 Å². The highest BCUT2D eigenvalue weighted by Crippen LogP contribution is 2.10. The van der Waals surface area contributed by atoms with Gasteiger partial charge in [0.05, 0.1) is 17.6 Å². The summed E-state index contributed by atoms with van der Waals surface area (Å²) in [5.74, 6) is 0. The van der Waals surface area contributed by atoms with E-state index in [9.17, 15) is 0 Å². The minimum absolute atomic E-state index is 0.786. The zero-order chi connectivity index (χ0) is 9.68. The standard InChI is InChI=1S/C10H13BrN2/c1-3-4-5-6-9-8(2)12-7-10(11)13-9/h5-7H,3-4H2,1-2H3/b6-5-. The zero-order valence-electron chi connectivity index (χ0n) is 7.92. The fraction of sp³-hybridized carbons (Fsp3) is 0.400. The molecule has 0 aliphatic carbocycles. The Morgan fingerprint density at radius 2 is 2.31 bits per heavy atom. The second-order valence-electron chi connectivity index (χ2n) is 2.85. The van der Waals surface area contributed by atoms with Gasteiger partial charge in [0.2, 0.25) is 0 Å². The van der Waals surface area contributed by atoms with Crippen molar-refractivity contribution in [2.45, 2.75) is 26.7 Å². The van der Waals surface area contributed by atoms with Crippen LogP contribution in [0.1, 0.15) is 31.2 Å². The van der Waals surface area contributed by atoms with Gasteiger partial charge in [-0.3, -0.25) is 4.98 Å². The van der Waals surface area contributed by atoms with Crippen molar-refractivity contribution in [2.75, 3.05) is 0 Å². The van der Waals surface area contributed by atoms with E-state index in [4.69, 9.17) is 0 Å². The Balaban J connectivity index is 2.81. The predicted molar refractivity (Wildman–Crippen MR) is 58.4 cm³/mol. The summed E-state index contributed by atoms with van der Waals surface area (Å²) in [5, 5.41) is 0. The van der Waals surface area contributed by atoms with Crippen molar-refractivity contribution < 1.29 is 0 Å². The van der Waals surface area contributed by atoms with Gasteiger partial charge in [0.25, 0.3) is 0 Å². The van der Waals surface area contributed by atoms with E-state index in [0.29, 0.717) is 0 Å². The quantitative estimate of drug-likeness (QED) is 0.810. The molecule has 0 bridgehead atoms.